The molecule has 1 aromatic carbocycles. The van der Waals surface area contributed by atoms with Crippen molar-refractivity contribution in [2.75, 3.05) is 20.1 Å². The van der Waals surface area contributed by atoms with Gasteiger partial charge in [0.1, 0.15) is 0 Å². The summed E-state index contributed by atoms with van der Waals surface area (Å²) in [7, 11) is 1.91. The molecule has 114 valence electrons. The van der Waals surface area contributed by atoms with E-state index in [4.69, 9.17) is 0 Å². The van der Waals surface area contributed by atoms with E-state index in [0.717, 1.165) is 25.0 Å². The zero-order valence-electron chi connectivity index (χ0n) is 13.3. The van der Waals surface area contributed by atoms with Crippen LogP contribution in [0.5, 0.6) is 0 Å². The van der Waals surface area contributed by atoms with Crippen LogP contribution in [0.25, 0.3) is 0 Å². The second-order valence-corrected chi connectivity index (χ2v) is 6.42. The van der Waals surface area contributed by atoms with E-state index in [1.165, 1.54) is 31.2 Å². The normalized spacial score (nSPS) is 28.8. The highest BCUT2D eigenvalue weighted by Gasteiger charge is 2.38. The first-order chi connectivity index (χ1) is 10.3. The standard InChI is InChI=1S/C18H27N3/c1-3-7-15-12-17(15)20-18(19-2)21-11-10-16(13-21)14-8-5-4-6-9-14/h4-6,8-9,15-17H,3,7,10-13H2,1-2H3,(H,19,20). The summed E-state index contributed by atoms with van der Waals surface area (Å²) < 4.78 is 0. The van der Waals surface area contributed by atoms with Crippen molar-refractivity contribution in [3.8, 4) is 0 Å². The molecule has 0 amide bonds. The molecule has 1 aliphatic heterocycles. The summed E-state index contributed by atoms with van der Waals surface area (Å²) in [6, 6.07) is 11.6. The zero-order valence-corrected chi connectivity index (χ0v) is 13.3. The molecule has 1 N–H and O–H groups in total. The third kappa shape index (κ3) is 3.39. The average Bonchev–Trinajstić information content (AvgIpc) is 3.07. The quantitative estimate of drug-likeness (QED) is 0.679. The molecule has 1 aromatic rings. The van der Waals surface area contributed by atoms with Gasteiger partial charge in [0.25, 0.3) is 0 Å². The minimum atomic E-state index is 0.649. The summed E-state index contributed by atoms with van der Waals surface area (Å²) in [6.07, 6.45) is 5.19. The minimum absolute atomic E-state index is 0.649. The Bertz CT molecular complexity index is 482. The van der Waals surface area contributed by atoms with Gasteiger partial charge in [-0.05, 0) is 30.7 Å². The number of likely N-dealkylation sites (tertiary alicyclic amines) is 1. The van der Waals surface area contributed by atoms with Gasteiger partial charge in [0.2, 0.25) is 0 Å². The van der Waals surface area contributed by atoms with Crippen LogP contribution < -0.4 is 5.32 Å². The molecule has 0 radical (unpaired) electrons. The number of hydrogen-bond donors (Lipinski definition) is 1. The molecular formula is C18H27N3. The summed E-state index contributed by atoms with van der Waals surface area (Å²) in [4.78, 5) is 6.93. The molecule has 1 heterocycles. The molecule has 2 aliphatic rings. The monoisotopic (exact) mass is 285 g/mol. The maximum absolute atomic E-state index is 4.50. The lowest BCUT2D eigenvalue weighted by Crippen LogP contribution is -2.41. The maximum atomic E-state index is 4.50. The van der Waals surface area contributed by atoms with Gasteiger partial charge < -0.3 is 10.2 Å². The number of nitrogens with zero attached hydrogens (tertiary/aromatic N) is 2. The van der Waals surface area contributed by atoms with E-state index in [2.05, 4.69) is 52.5 Å². The van der Waals surface area contributed by atoms with Crippen LogP contribution in [0.15, 0.2) is 35.3 Å². The highest BCUT2D eigenvalue weighted by atomic mass is 15.3. The molecule has 3 unspecified atom stereocenters. The van der Waals surface area contributed by atoms with Gasteiger partial charge in [-0.25, -0.2) is 0 Å². The van der Waals surface area contributed by atoms with E-state index in [1.54, 1.807) is 0 Å². The molecule has 3 atom stereocenters. The average molecular weight is 285 g/mol. The molecule has 21 heavy (non-hydrogen) atoms. The lowest BCUT2D eigenvalue weighted by molar-refractivity contribution is 0.481. The molecule has 1 saturated carbocycles. The minimum Gasteiger partial charge on any atom is -0.353 e. The molecule has 1 saturated heterocycles. The van der Waals surface area contributed by atoms with Crippen LogP contribution >= 0.6 is 0 Å². The van der Waals surface area contributed by atoms with Crippen molar-refractivity contribution in [2.45, 2.75) is 44.6 Å². The van der Waals surface area contributed by atoms with Crippen molar-refractivity contribution in [1.82, 2.24) is 10.2 Å². The van der Waals surface area contributed by atoms with Crippen LogP contribution in [0, 0.1) is 5.92 Å². The summed E-state index contributed by atoms with van der Waals surface area (Å²) in [5, 5.41) is 3.67. The maximum Gasteiger partial charge on any atom is 0.193 e. The first-order valence-corrected chi connectivity index (χ1v) is 8.35. The summed E-state index contributed by atoms with van der Waals surface area (Å²) in [5.41, 5.74) is 1.46. The van der Waals surface area contributed by atoms with Crippen LogP contribution in [0.3, 0.4) is 0 Å². The topological polar surface area (TPSA) is 27.6 Å². The third-order valence-corrected chi connectivity index (χ3v) is 4.87. The number of guanidine groups is 1. The highest BCUT2D eigenvalue weighted by Crippen LogP contribution is 2.35. The molecule has 3 rings (SSSR count). The molecule has 0 bridgehead atoms. The van der Waals surface area contributed by atoms with Gasteiger partial charge >= 0.3 is 0 Å². The summed E-state index contributed by atoms with van der Waals surface area (Å²) in [6.45, 7) is 4.48. The number of hydrogen-bond acceptors (Lipinski definition) is 1. The number of nitrogens with one attached hydrogen (secondary N) is 1. The Labute approximate surface area is 128 Å². The zero-order chi connectivity index (χ0) is 14.7. The van der Waals surface area contributed by atoms with Gasteiger partial charge in [0.15, 0.2) is 5.96 Å². The molecule has 1 aliphatic carbocycles. The van der Waals surface area contributed by atoms with Crippen LogP contribution in [0.2, 0.25) is 0 Å². The van der Waals surface area contributed by atoms with E-state index in [-0.39, 0.29) is 0 Å². The Balaban J connectivity index is 1.55. The summed E-state index contributed by atoms with van der Waals surface area (Å²) in [5.74, 6) is 2.63. The third-order valence-electron chi connectivity index (χ3n) is 4.87. The first kappa shape index (κ1) is 14.4. The van der Waals surface area contributed by atoms with Crippen LogP contribution in [0.1, 0.15) is 44.1 Å². The second kappa shape index (κ2) is 6.50. The Hall–Kier alpha value is -1.51. The van der Waals surface area contributed by atoms with Crippen molar-refractivity contribution in [3.05, 3.63) is 35.9 Å². The molecule has 3 nitrogen and oxygen atoms in total. The van der Waals surface area contributed by atoms with Crippen molar-refractivity contribution in [3.63, 3.8) is 0 Å². The fraction of sp³-hybridized carbons (Fsp3) is 0.611. The van der Waals surface area contributed by atoms with Gasteiger partial charge in [-0.15, -0.1) is 0 Å². The predicted octanol–water partition coefficient (Wildman–Crippen LogP) is 3.24. The Morgan fingerprint density at radius 1 is 1.33 bits per heavy atom. The van der Waals surface area contributed by atoms with Crippen molar-refractivity contribution < 1.29 is 0 Å². The predicted molar refractivity (Wildman–Crippen MR) is 88.7 cm³/mol. The van der Waals surface area contributed by atoms with Crippen molar-refractivity contribution in [2.24, 2.45) is 10.9 Å². The van der Waals surface area contributed by atoms with Gasteiger partial charge in [0.05, 0.1) is 0 Å². The first-order valence-electron chi connectivity index (χ1n) is 8.35. The SMILES string of the molecule is CCCC1CC1NC(=NC)N1CCC(c2ccccc2)C1. The molecule has 0 aromatic heterocycles. The lowest BCUT2D eigenvalue weighted by atomic mass is 9.99. The van der Waals surface area contributed by atoms with Crippen LogP contribution in [0.4, 0.5) is 0 Å². The number of rotatable bonds is 4. The van der Waals surface area contributed by atoms with Crippen molar-refractivity contribution in [1.29, 1.82) is 0 Å². The van der Waals surface area contributed by atoms with E-state index in [9.17, 15) is 0 Å². The largest absolute Gasteiger partial charge is 0.353 e. The Kier molecular flexibility index (Phi) is 4.47. The van der Waals surface area contributed by atoms with Gasteiger partial charge in [0, 0.05) is 32.1 Å². The highest BCUT2D eigenvalue weighted by molar-refractivity contribution is 5.81. The Morgan fingerprint density at radius 2 is 2.14 bits per heavy atom. The summed E-state index contributed by atoms with van der Waals surface area (Å²) >= 11 is 0. The second-order valence-electron chi connectivity index (χ2n) is 6.42. The molecular weight excluding hydrogens is 258 g/mol. The van der Waals surface area contributed by atoms with Crippen LogP contribution in [-0.2, 0) is 0 Å². The van der Waals surface area contributed by atoms with E-state index in [0.29, 0.717) is 12.0 Å². The van der Waals surface area contributed by atoms with Gasteiger partial charge in [-0.3, -0.25) is 4.99 Å². The van der Waals surface area contributed by atoms with E-state index < -0.39 is 0 Å². The molecule has 2 fully saturated rings. The molecule has 0 spiro atoms. The van der Waals surface area contributed by atoms with Gasteiger partial charge in [-0.2, -0.15) is 0 Å². The van der Waals surface area contributed by atoms with Gasteiger partial charge in [-0.1, -0.05) is 43.7 Å². The van der Waals surface area contributed by atoms with E-state index in [1.807, 2.05) is 7.05 Å². The fourth-order valence-electron chi connectivity index (χ4n) is 3.53. The number of benzene rings is 1. The van der Waals surface area contributed by atoms with Crippen molar-refractivity contribution >= 4 is 5.96 Å². The number of aliphatic imine (C=N–C) groups is 1. The lowest BCUT2D eigenvalue weighted by Gasteiger charge is -2.22. The fourth-order valence-corrected chi connectivity index (χ4v) is 3.53. The van der Waals surface area contributed by atoms with Crippen LogP contribution in [-0.4, -0.2) is 37.0 Å². The van der Waals surface area contributed by atoms with E-state index >= 15 is 0 Å². The Morgan fingerprint density at radius 3 is 2.86 bits per heavy atom. The molecule has 3 heteroatoms. The smallest absolute Gasteiger partial charge is 0.193 e.